The highest BCUT2D eigenvalue weighted by Crippen LogP contribution is 2.58. The summed E-state index contributed by atoms with van der Waals surface area (Å²) in [5.41, 5.74) is 4.35. The maximum absolute atomic E-state index is 12.7. The van der Waals surface area contributed by atoms with Crippen LogP contribution in [-0.2, 0) is 21.4 Å². The van der Waals surface area contributed by atoms with Gasteiger partial charge in [0.2, 0.25) is 0 Å². The molecule has 0 unspecified atom stereocenters. The summed E-state index contributed by atoms with van der Waals surface area (Å²) in [5.74, 6) is 1.62. The summed E-state index contributed by atoms with van der Waals surface area (Å²) in [4.78, 5) is 25.4. The molecule has 5 fully saturated rings. The summed E-state index contributed by atoms with van der Waals surface area (Å²) in [7, 11) is 2.00. The maximum atomic E-state index is 12.7. The first kappa shape index (κ1) is 16.3. The van der Waals surface area contributed by atoms with Crippen LogP contribution in [0.5, 0.6) is 0 Å². The quantitative estimate of drug-likeness (QED) is 0.423. The van der Waals surface area contributed by atoms with Gasteiger partial charge in [-0.15, -0.1) is 0 Å². The lowest BCUT2D eigenvalue weighted by Gasteiger charge is -2.51. The number of carbonyl (C=O) groups is 2. The SMILES string of the molecule is Cn1cc(/C=C2/C(=O)OC(=O)C2=C2C3CC4CC(C3)CC2C4)c2ccccc21. The number of esters is 2. The van der Waals surface area contributed by atoms with E-state index in [-0.39, 0.29) is 0 Å². The molecular weight excluding hydrogens is 350 g/mol. The van der Waals surface area contributed by atoms with Crippen LogP contribution >= 0.6 is 0 Å². The minimum absolute atomic E-state index is 0.432. The van der Waals surface area contributed by atoms with Crippen molar-refractivity contribution >= 4 is 28.9 Å². The fraction of sp³-hybridized carbons (Fsp3) is 0.417. The van der Waals surface area contributed by atoms with Crippen LogP contribution in [0, 0.1) is 23.7 Å². The van der Waals surface area contributed by atoms with E-state index in [2.05, 4.69) is 16.7 Å². The summed E-state index contributed by atoms with van der Waals surface area (Å²) in [5, 5.41) is 1.08. The Kier molecular flexibility index (Phi) is 3.32. The van der Waals surface area contributed by atoms with Gasteiger partial charge in [-0.1, -0.05) is 18.2 Å². The molecule has 4 aliphatic carbocycles. The molecule has 4 bridgehead atoms. The molecule has 1 saturated heterocycles. The number of nitrogens with zero attached hydrogens (tertiary/aromatic N) is 1. The Morgan fingerprint density at radius 2 is 1.64 bits per heavy atom. The highest BCUT2D eigenvalue weighted by molar-refractivity contribution is 6.21. The van der Waals surface area contributed by atoms with Crippen LogP contribution in [0.4, 0.5) is 0 Å². The average molecular weight is 373 g/mol. The smallest absolute Gasteiger partial charge is 0.346 e. The number of aryl methyl sites for hydroxylation is 1. The van der Waals surface area contributed by atoms with E-state index < -0.39 is 11.9 Å². The van der Waals surface area contributed by atoms with Crippen molar-refractivity contribution in [1.82, 2.24) is 4.57 Å². The number of carbonyl (C=O) groups excluding carboxylic acids is 2. The Labute approximate surface area is 163 Å². The van der Waals surface area contributed by atoms with Crippen molar-refractivity contribution in [2.45, 2.75) is 32.1 Å². The number of ether oxygens (including phenoxy) is 1. The van der Waals surface area contributed by atoms with E-state index in [1.807, 2.05) is 31.5 Å². The second kappa shape index (κ2) is 5.69. The lowest BCUT2D eigenvalue weighted by Crippen LogP contribution is -2.41. The van der Waals surface area contributed by atoms with Gasteiger partial charge in [0.25, 0.3) is 0 Å². The van der Waals surface area contributed by atoms with Crippen LogP contribution in [0.3, 0.4) is 0 Å². The van der Waals surface area contributed by atoms with Crippen LogP contribution < -0.4 is 0 Å². The van der Waals surface area contributed by atoms with Gasteiger partial charge in [-0.25, -0.2) is 9.59 Å². The molecule has 2 aromatic rings. The summed E-state index contributed by atoms with van der Waals surface area (Å²) in [6.45, 7) is 0. The number of aromatic nitrogens is 1. The van der Waals surface area contributed by atoms with E-state index in [9.17, 15) is 9.59 Å². The Hall–Kier alpha value is -2.62. The van der Waals surface area contributed by atoms with Gasteiger partial charge in [-0.05, 0) is 73.5 Å². The van der Waals surface area contributed by atoms with Crippen LogP contribution in [0.25, 0.3) is 17.0 Å². The molecule has 142 valence electrons. The van der Waals surface area contributed by atoms with E-state index >= 15 is 0 Å². The molecule has 0 atom stereocenters. The minimum Gasteiger partial charge on any atom is -0.386 e. The fourth-order valence-electron chi connectivity index (χ4n) is 6.55. The number of para-hydroxylation sites is 1. The van der Waals surface area contributed by atoms with E-state index in [1.54, 1.807) is 0 Å². The standard InChI is InChI=1S/C24H23NO3/c1-25-12-17(18-4-2-3-5-20(18)25)11-19-22(24(27)28-23(19)26)21-15-7-13-6-14(9-15)10-16(21)8-13/h2-5,11-16H,6-10H2,1H3/b19-11+,22-21?. The molecule has 0 amide bonds. The first-order valence-corrected chi connectivity index (χ1v) is 10.3. The van der Waals surface area contributed by atoms with E-state index in [4.69, 9.17) is 4.74 Å². The normalized spacial score (nSPS) is 32.8. The first-order valence-electron chi connectivity index (χ1n) is 10.3. The van der Waals surface area contributed by atoms with Crippen molar-refractivity contribution < 1.29 is 14.3 Å². The largest absolute Gasteiger partial charge is 0.386 e. The fourth-order valence-corrected chi connectivity index (χ4v) is 6.55. The molecule has 1 aromatic carbocycles. The zero-order chi connectivity index (χ0) is 19.0. The van der Waals surface area contributed by atoms with Gasteiger partial charge < -0.3 is 9.30 Å². The van der Waals surface area contributed by atoms with Crippen molar-refractivity contribution in [3.05, 3.63) is 52.7 Å². The Morgan fingerprint density at radius 1 is 0.964 bits per heavy atom. The van der Waals surface area contributed by atoms with Crippen LogP contribution in [-0.4, -0.2) is 16.5 Å². The molecule has 0 spiro atoms. The molecule has 1 aliphatic heterocycles. The number of hydrogen-bond acceptors (Lipinski definition) is 3. The van der Waals surface area contributed by atoms with Gasteiger partial charge in [0.15, 0.2) is 0 Å². The number of hydrogen-bond donors (Lipinski definition) is 0. The third kappa shape index (κ3) is 2.24. The Balaban J connectivity index is 1.53. The monoisotopic (exact) mass is 373 g/mol. The van der Waals surface area contributed by atoms with E-state index in [0.717, 1.165) is 28.3 Å². The van der Waals surface area contributed by atoms with Gasteiger partial charge in [-0.2, -0.15) is 0 Å². The average Bonchev–Trinajstić information content (AvgIpc) is 3.12. The van der Waals surface area contributed by atoms with Gasteiger partial charge in [0.05, 0.1) is 11.1 Å². The van der Waals surface area contributed by atoms with Gasteiger partial charge >= 0.3 is 11.9 Å². The minimum atomic E-state index is -0.491. The van der Waals surface area contributed by atoms with E-state index in [0.29, 0.717) is 23.0 Å². The summed E-state index contributed by atoms with van der Waals surface area (Å²) in [6, 6.07) is 8.13. The molecule has 2 heterocycles. The zero-order valence-electron chi connectivity index (χ0n) is 16.0. The predicted molar refractivity (Wildman–Crippen MR) is 106 cm³/mol. The first-order chi connectivity index (χ1) is 13.6. The van der Waals surface area contributed by atoms with Crippen LogP contribution in [0.15, 0.2) is 47.2 Å². The number of benzene rings is 1. The van der Waals surface area contributed by atoms with Crippen molar-refractivity contribution in [3.63, 3.8) is 0 Å². The summed E-state index contributed by atoms with van der Waals surface area (Å²) < 4.78 is 7.18. The molecule has 1 aromatic heterocycles. The molecule has 4 heteroatoms. The Bertz CT molecular complexity index is 1070. The lowest BCUT2D eigenvalue weighted by molar-refractivity contribution is -0.149. The molecule has 4 nitrogen and oxygen atoms in total. The highest BCUT2D eigenvalue weighted by Gasteiger charge is 2.49. The van der Waals surface area contributed by atoms with Crippen LogP contribution in [0.1, 0.15) is 37.7 Å². The van der Waals surface area contributed by atoms with E-state index in [1.165, 1.54) is 37.7 Å². The molecule has 7 rings (SSSR count). The maximum Gasteiger partial charge on any atom is 0.346 e. The van der Waals surface area contributed by atoms with Crippen molar-refractivity contribution in [3.8, 4) is 0 Å². The predicted octanol–water partition coefficient (Wildman–Crippen LogP) is 4.40. The second-order valence-electron chi connectivity index (χ2n) is 9.08. The molecule has 0 radical (unpaired) electrons. The molecule has 28 heavy (non-hydrogen) atoms. The zero-order valence-corrected chi connectivity index (χ0v) is 16.0. The van der Waals surface area contributed by atoms with Crippen molar-refractivity contribution in [2.75, 3.05) is 0 Å². The number of fused-ring (bicyclic) bond motifs is 1. The van der Waals surface area contributed by atoms with Gasteiger partial charge in [0.1, 0.15) is 0 Å². The Morgan fingerprint density at radius 3 is 2.36 bits per heavy atom. The van der Waals surface area contributed by atoms with Gasteiger partial charge in [-0.3, -0.25) is 0 Å². The van der Waals surface area contributed by atoms with Crippen LogP contribution in [0.2, 0.25) is 0 Å². The molecule has 4 saturated carbocycles. The summed E-state index contributed by atoms with van der Waals surface area (Å²) in [6.07, 6.45) is 9.96. The third-order valence-electron chi connectivity index (χ3n) is 7.41. The third-order valence-corrected chi connectivity index (χ3v) is 7.41. The lowest BCUT2D eigenvalue weighted by atomic mass is 9.53. The summed E-state index contributed by atoms with van der Waals surface area (Å²) >= 11 is 0. The topological polar surface area (TPSA) is 48.3 Å². The van der Waals surface area contributed by atoms with Crippen molar-refractivity contribution in [2.24, 2.45) is 30.7 Å². The number of allylic oxidation sites excluding steroid dienone is 1. The molecular formula is C24H23NO3. The number of cyclic esters (lactones) is 2. The molecule has 5 aliphatic rings. The van der Waals surface area contributed by atoms with Gasteiger partial charge in [0, 0.05) is 29.7 Å². The highest BCUT2D eigenvalue weighted by atomic mass is 16.6. The second-order valence-corrected chi connectivity index (χ2v) is 9.08. The molecule has 0 N–H and O–H groups in total. The number of rotatable bonds is 1. The van der Waals surface area contributed by atoms with Crippen molar-refractivity contribution in [1.29, 1.82) is 0 Å².